The van der Waals surface area contributed by atoms with Crippen molar-refractivity contribution in [2.24, 2.45) is 0 Å². The zero-order valence-corrected chi connectivity index (χ0v) is 10.2. The Balaban J connectivity index is 0.000000921. The second kappa shape index (κ2) is 8.05. The summed E-state index contributed by atoms with van der Waals surface area (Å²) < 4.78 is 0. The fourth-order valence-corrected chi connectivity index (χ4v) is 1.18. The summed E-state index contributed by atoms with van der Waals surface area (Å²) in [5.41, 5.74) is 0.783. The fourth-order valence-electron chi connectivity index (χ4n) is 0.920. The Morgan fingerprint density at radius 2 is 2.07 bits per heavy atom. The first-order valence-corrected chi connectivity index (χ1v) is 5.47. The molecule has 0 unspecified atom stereocenters. The summed E-state index contributed by atoms with van der Waals surface area (Å²) >= 11 is 4.97. The molecule has 1 rings (SSSR count). The largest absolute Gasteiger partial charge is 0.508 e. The molecule has 0 aromatic heterocycles. The lowest BCUT2D eigenvalue weighted by molar-refractivity contribution is 0.475. The van der Waals surface area contributed by atoms with Gasteiger partial charge in [0.1, 0.15) is 5.75 Å². The molecule has 0 aliphatic rings. The molecule has 0 aliphatic heterocycles. The predicted molar refractivity (Wildman–Crippen MR) is 69.4 cm³/mol. The van der Waals surface area contributed by atoms with Crippen molar-refractivity contribution in [3.8, 4) is 5.75 Å². The van der Waals surface area contributed by atoms with Crippen molar-refractivity contribution in [2.75, 3.05) is 11.9 Å². The van der Waals surface area contributed by atoms with Gasteiger partial charge < -0.3 is 15.7 Å². The molecule has 0 aliphatic carbocycles. The molecular formula is C11H18N2OS. The van der Waals surface area contributed by atoms with Crippen LogP contribution in [-0.4, -0.2) is 16.8 Å². The first kappa shape index (κ1) is 13.7. The Morgan fingerprint density at radius 3 is 2.60 bits per heavy atom. The molecule has 0 amide bonds. The van der Waals surface area contributed by atoms with Crippen LogP contribution in [0.2, 0.25) is 0 Å². The van der Waals surface area contributed by atoms with E-state index in [1.165, 1.54) is 0 Å². The molecule has 0 bridgehead atoms. The maximum absolute atomic E-state index is 9.15. The number of benzene rings is 1. The molecule has 0 spiro atoms. The summed E-state index contributed by atoms with van der Waals surface area (Å²) in [6, 6.07) is 6.82. The topological polar surface area (TPSA) is 44.3 Å². The SMILES string of the molecule is CC.CCNC(=S)Nc1cccc(O)c1. The predicted octanol–water partition coefficient (Wildman–Crippen LogP) is 2.72. The van der Waals surface area contributed by atoms with Crippen molar-refractivity contribution < 1.29 is 5.11 Å². The minimum Gasteiger partial charge on any atom is -0.508 e. The number of phenols is 1. The van der Waals surface area contributed by atoms with E-state index in [0.717, 1.165) is 12.2 Å². The van der Waals surface area contributed by atoms with Crippen molar-refractivity contribution in [1.82, 2.24) is 5.32 Å². The van der Waals surface area contributed by atoms with Crippen LogP contribution in [0.4, 0.5) is 5.69 Å². The van der Waals surface area contributed by atoms with Crippen molar-refractivity contribution in [3.63, 3.8) is 0 Å². The molecule has 0 atom stereocenters. The number of hydrogen-bond donors (Lipinski definition) is 3. The van der Waals surface area contributed by atoms with Crippen LogP contribution in [0.1, 0.15) is 20.8 Å². The van der Waals surface area contributed by atoms with E-state index >= 15 is 0 Å². The van der Waals surface area contributed by atoms with Crippen LogP contribution in [0.25, 0.3) is 0 Å². The van der Waals surface area contributed by atoms with E-state index in [9.17, 15) is 0 Å². The van der Waals surface area contributed by atoms with E-state index in [4.69, 9.17) is 17.3 Å². The van der Waals surface area contributed by atoms with Crippen LogP contribution >= 0.6 is 12.2 Å². The van der Waals surface area contributed by atoms with Crippen LogP contribution < -0.4 is 10.6 Å². The van der Waals surface area contributed by atoms with Gasteiger partial charge in [0.15, 0.2) is 5.11 Å². The maximum atomic E-state index is 9.15. The van der Waals surface area contributed by atoms with E-state index in [1.807, 2.05) is 26.8 Å². The molecule has 0 radical (unpaired) electrons. The van der Waals surface area contributed by atoms with Gasteiger partial charge in [-0.1, -0.05) is 19.9 Å². The molecular weight excluding hydrogens is 208 g/mol. The van der Waals surface area contributed by atoms with Crippen molar-refractivity contribution in [2.45, 2.75) is 20.8 Å². The van der Waals surface area contributed by atoms with Crippen LogP contribution in [0, 0.1) is 0 Å². The van der Waals surface area contributed by atoms with Crippen LogP contribution in [0.3, 0.4) is 0 Å². The Morgan fingerprint density at radius 1 is 1.40 bits per heavy atom. The van der Waals surface area contributed by atoms with Crippen molar-refractivity contribution >= 4 is 23.0 Å². The number of nitrogens with one attached hydrogen (secondary N) is 2. The van der Waals surface area contributed by atoms with E-state index in [2.05, 4.69) is 10.6 Å². The minimum absolute atomic E-state index is 0.226. The maximum Gasteiger partial charge on any atom is 0.170 e. The van der Waals surface area contributed by atoms with E-state index in [0.29, 0.717) is 5.11 Å². The third-order valence-corrected chi connectivity index (χ3v) is 1.69. The summed E-state index contributed by atoms with van der Waals surface area (Å²) in [4.78, 5) is 0. The molecule has 1 aromatic carbocycles. The highest BCUT2D eigenvalue weighted by Gasteiger charge is 1.95. The molecule has 15 heavy (non-hydrogen) atoms. The Hall–Kier alpha value is -1.29. The van der Waals surface area contributed by atoms with Gasteiger partial charge in [0.2, 0.25) is 0 Å². The molecule has 3 nitrogen and oxygen atoms in total. The van der Waals surface area contributed by atoms with Gasteiger partial charge in [-0.2, -0.15) is 0 Å². The normalized spacial score (nSPS) is 8.47. The smallest absolute Gasteiger partial charge is 0.170 e. The lowest BCUT2D eigenvalue weighted by Gasteiger charge is -2.08. The van der Waals surface area contributed by atoms with Crippen LogP contribution in [-0.2, 0) is 0 Å². The summed E-state index contributed by atoms with van der Waals surface area (Å²) in [6.45, 7) is 6.75. The highest BCUT2D eigenvalue weighted by atomic mass is 32.1. The third kappa shape index (κ3) is 5.91. The average molecular weight is 226 g/mol. The molecule has 4 heteroatoms. The van der Waals surface area contributed by atoms with Gasteiger partial charge in [0.25, 0.3) is 0 Å². The van der Waals surface area contributed by atoms with Gasteiger partial charge in [-0.15, -0.1) is 0 Å². The number of anilines is 1. The van der Waals surface area contributed by atoms with Crippen molar-refractivity contribution in [1.29, 1.82) is 0 Å². The Labute approximate surface area is 96.5 Å². The highest BCUT2D eigenvalue weighted by Crippen LogP contribution is 2.14. The molecule has 0 saturated heterocycles. The molecule has 84 valence electrons. The summed E-state index contributed by atoms with van der Waals surface area (Å²) in [6.07, 6.45) is 0. The second-order valence-corrected chi connectivity index (χ2v) is 2.94. The third-order valence-electron chi connectivity index (χ3n) is 1.44. The van der Waals surface area contributed by atoms with Gasteiger partial charge >= 0.3 is 0 Å². The number of hydrogen-bond acceptors (Lipinski definition) is 2. The van der Waals surface area contributed by atoms with E-state index in [-0.39, 0.29) is 5.75 Å². The van der Waals surface area contributed by atoms with Gasteiger partial charge in [-0.3, -0.25) is 0 Å². The number of phenolic OH excluding ortho intramolecular Hbond substituents is 1. The summed E-state index contributed by atoms with van der Waals surface area (Å²) in [5, 5.41) is 15.6. The summed E-state index contributed by atoms with van der Waals surface area (Å²) in [7, 11) is 0. The van der Waals surface area contributed by atoms with E-state index in [1.54, 1.807) is 18.2 Å². The monoisotopic (exact) mass is 226 g/mol. The fraction of sp³-hybridized carbons (Fsp3) is 0.364. The first-order chi connectivity index (χ1) is 7.22. The van der Waals surface area contributed by atoms with E-state index < -0.39 is 0 Å². The zero-order valence-electron chi connectivity index (χ0n) is 9.37. The van der Waals surface area contributed by atoms with Crippen LogP contribution in [0.15, 0.2) is 24.3 Å². The quantitative estimate of drug-likeness (QED) is 0.678. The molecule has 0 heterocycles. The minimum atomic E-state index is 0.226. The standard InChI is InChI=1S/C9H12N2OS.C2H6/c1-2-10-9(13)11-7-4-3-5-8(12)6-7;1-2/h3-6,12H,2H2,1H3,(H2,10,11,13);1-2H3. The lowest BCUT2D eigenvalue weighted by Crippen LogP contribution is -2.27. The second-order valence-electron chi connectivity index (χ2n) is 2.53. The van der Waals surface area contributed by atoms with Crippen LogP contribution in [0.5, 0.6) is 5.75 Å². The number of thiocarbonyl (C=S) groups is 1. The van der Waals surface area contributed by atoms with Gasteiger partial charge in [-0.25, -0.2) is 0 Å². The van der Waals surface area contributed by atoms with Crippen molar-refractivity contribution in [3.05, 3.63) is 24.3 Å². The molecule has 3 N–H and O–H groups in total. The molecule has 0 fully saturated rings. The van der Waals surface area contributed by atoms with Gasteiger partial charge in [0, 0.05) is 18.3 Å². The first-order valence-electron chi connectivity index (χ1n) is 5.06. The Bertz CT molecular complexity index is 302. The molecule has 1 aromatic rings. The number of rotatable bonds is 2. The van der Waals surface area contributed by atoms with Gasteiger partial charge in [0.05, 0.1) is 0 Å². The average Bonchev–Trinajstić information content (AvgIpc) is 2.21. The zero-order chi connectivity index (χ0) is 11.7. The molecule has 0 saturated carbocycles. The van der Waals surface area contributed by atoms with Gasteiger partial charge in [-0.05, 0) is 31.3 Å². The highest BCUT2D eigenvalue weighted by molar-refractivity contribution is 7.80. The lowest BCUT2D eigenvalue weighted by atomic mass is 10.3. The summed E-state index contributed by atoms with van der Waals surface area (Å²) in [5.74, 6) is 0.226. The Kier molecular flexibility index (Phi) is 7.36. The number of aromatic hydroxyl groups is 1.